The molecular weight excluding hydrogens is 200 g/mol. The molecule has 0 aliphatic rings. The summed E-state index contributed by atoms with van der Waals surface area (Å²) in [6.07, 6.45) is 0. The van der Waals surface area contributed by atoms with Gasteiger partial charge in [-0.05, 0) is 0 Å². The van der Waals surface area contributed by atoms with Crippen molar-refractivity contribution in [2.45, 2.75) is 0 Å². The Hall–Kier alpha value is 4.74. The van der Waals surface area contributed by atoms with Gasteiger partial charge in [0.15, 0.2) is 0 Å². The molecular formula is H4AgNa4. The molecule has 0 heterocycles. The van der Waals surface area contributed by atoms with Crippen LogP contribution >= 0.6 is 0 Å². The van der Waals surface area contributed by atoms with E-state index in [-0.39, 0.29) is 141 Å². The third kappa shape index (κ3) is 17.7. The zero-order valence-corrected chi connectivity index (χ0v) is 1.78. The van der Waals surface area contributed by atoms with E-state index in [1.807, 2.05) is 0 Å². The van der Waals surface area contributed by atoms with E-state index in [1.54, 1.807) is 0 Å². The van der Waals surface area contributed by atoms with Crippen molar-refractivity contribution >= 4 is 118 Å². The van der Waals surface area contributed by atoms with Gasteiger partial charge in [0.1, 0.15) is 0 Å². The van der Waals surface area contributed by atoms with Crippen LogP contribution in [0.4, 0.5) is 0 Å². The van der Waals surface area contributed by atoms with Gasteiger partial charge in [0.05, 0.1) is 0 Å². The summed E-state index contributed by atoms with van der Waals surface area (Å²) in [5.41, 5.74) is 0. The van der Waals surface area contributed by atoms with Gasteiger partial charge in [-0.1, -0.05) is 0 Å². The molecule has 5 heavy (non-hydrogen) atoms. The molecule has 0 aromatic rings. The molecule has 0 bridgehead atoms. The quantitative estimate of drug-likeness (QED) is 0.379. The summed E-state index contributed by atoms with van der Waals surface area (Å²) in [5, 5.41) is 0. The van der Waals surface area contributed by atoms with Gasteiger partial charge in [-0.3, -0.25) is 0 Å². The van der Waals surface area contributed by atoms with Crippen LogP contribution in [0.5, 0.6) is 0 Å². The van der Waals surface area contributed by atoms with Crippen molar-refractivity contribution in [3.05, 3.63) is 0 Å². The third-order valence-electron chi connectivity index (χ3n) is 0. The summed E-state index contributed by atoms with van der Waals surface area (Å²) in [6, 6.07) is 0. The fourth-order valence-electron chi connectivity index (χ4n) is 0. The van der Waals surface area contributed by atoms with Crippen molar-refractivity contribution in [3.8, 4) is 0 Å². The van der Waals surface area contributed by atoms with Crippen LogP contribution < -0.4 is 0 Å². The Labute approximate surface area is 137 Å². The first-order valence-electron chi connectivity index (χ1n) is 0. The maximum atomic E-state index is 0. The topological polar surface area (TPSA) is 0 Å². The van der Waals surface area contributed by atoms with Crippen LogP contribution in [0, 0.1) is 0 Å². The molecule has 0 N–H and O–H groups in total. The van der Waals surface area contributed by atoms with E-state index in [1.165, 1.54) is 0 Å². The molecule has 0 amide bonds. The summed E-state index contributed by atoms with van der Waals surface area (Å²) in [5.74, 6) is 0. The molecule has 0 nitrogen and oxygen atoms in total. The van der Waals surface area contributed by atoms with Crippen LogP contribution in [0.25, 0.3) is 0 Å². The SMILES string of the molecule is [Ag].[NaH].[NaH].[NaH].[NaH]. The second kappa shape index (κ2) is 23.3. The Kier molecular flexibility index (Phi) is 154. The van der Waals surface area contributed by atoms with Crippen molar-refractivity contribution in [1.82, 2.24) is 0 Å². The van der Waals surface area contributed by atoms with Crippen LogP contribution in [0.3, 0.4) is 0 Å². The van der Waals surface area contributed by atoms with Crippen LogP contribution in [0.1, 0.15) is 0 Å². The van der Waals surface area contributed by atoms with E-state index in [0.717, 1.165) is 0 Å². The molecule has 0 aromatic carbocycles. The molecule has 0 saturated heterocycles. The Balaban J connectivity index is 0. The Morgan fingerprint density at radius 2 is 0.400 bits per heavy atom. The zero-order valence-electron chi connectivity index (χ0n) is 0.302. The van der Waals surface area contributed by atoms with E-state index in [4.69, 9.17) is 0 Å². The van der Waals surface area contributed by atoms with Gasteiger partial charge in [-0.25, -0.2) is 0 Å². The minimum absolute atomic E-state index is 0. The molecule has 0 aliphatic heterocycles. The molecule has 19 valence electrons. The molecule has 0 rings (SSSR count). The molecule has 0 aromatic heterocycles. The first kappa shape index (κ1) is 33.1. The van der Waals surface area contributed by atoms with Crippen molar-refractivity contribution in [2.75, 3.05) is 0 Å². The summed E-state index contributed by atoms with van der Waals surface area (Å²) >= 11 is 0. The Morgan fingerprint density at radius 3 is 0.400 bits per heavy atom. The van der Waals surface area contributed by atoms with Crippen molar-refractivity contribution in [2.24, 2.45) is 0 Å². The predicted molar refractivity (Wildman–Crippen MR) is 28.6 cm³/mol. The second-order valence-corrected chi connectivity index (χ2v) is 0. The monoisotopic (exact) mass is 203 g/mol. The molecule has 0 atom stereocenters. The predicted octanol–water partition coefficient (Wildman–Crippen LogP) is -2.60. The molecule has 1 radical (unpaired) electrons. The summed E-state index contributed by atoms with van der Waals surface area (Å²) in [4.78, 5) is 0. The maximum absolute atomic E-state index is 0. The van der Waals surface area contributed by atoms with Gasteiger partial charge in [-0.2, -0.15) is 0 Å². The van der Waals surface area contributed by atoms with E-state index in [9.17, 15) is 0 Å². The first-order chi connectivity index (χ1) is 0. The van der Waals surface area contributed by atoms with Crippen LogP contribution in [-0.4, -0.2) is 118 Å². The third-order valence-corrected chi connectivity index (χ3v) is 0. The Bertz CT molecular complexity index is 3.61. The minimum atomic E-state index is 0. The van der Waals surface area contributed by atoms with Crippen LogP contribution in [0.15, 0.2) is 0 Å². The Morgan fingerprint density at radius 1 is 0.400 bits per heavy atom. The van der Waals surface area contributed by atoms with E-state index in [2.05, 4.69) is 0 Å². The summed E-state index contributed by atoms with van der Waals surface area (Å²) in [7, 11) is 0. The number of hydrogen-bond acceptors (Lipinski definition) is 0. The van der Waals surface area contributed by atoms with Gasteiger partial charge in [0.2, 0.25) is 0 Å². The van der Waals surface area contributed by atoms with E-state index < -0.39 is 0 Å². The number of hydrogen-bond donors (Lipinski definition) is 0. The van der Waals surface area contributed by atoms with Crippen LogP contribution in [-0.2, 0) is 22.4 Å². The molecule has 0 spiro atoms. The second-order valence-electron chi connectivity index (χ2n) is 0. The summed E-state index contributed by atoms with van der Waals surface area (Å²) in [6.45, 7) is 0. The van der Waals surface area contributed by atoms with Crippen molar-refractivity contribution < 1.29 is 22.4 Å². The summed E-state index contributed by atoms with van der Waals surface area (Å²) < 4.78 is 0. The molecule has 0 aliphatic carbocycles. The molecule has 0 saturated carbocycles. The van der Waals surface area contributed by atoms with Gasteiger partial charge >= 0.3 is 118 Å². The normalized spacial score (nSPS) is 0. The van der Waals surface area contributed by atoms with Gasteiger partial charge in [0, 0.05) is 22.4 Å². The molecule has 0 unspecified atom stereocenters. The standard InChI is InChI=1S/Ag.4Na.4H. The van der Waals surface area contributed by atoms with Crippen molar-refractivity contribution in [3.63, 3.8) is 0 Å². The van der Waals surface area contributed by atoms with Gasteiger partial charge < -0.3 is 0 Å². The first-order valence-corrected chi connectivity index (χ1v) is 0. The van der Waals surface area contributed by atoms with Crippen molar-refractivity contribution in [1.29, 1.82) is 0 Å². The molecule has 0 fully saturated rings. The molecule has 5 heteroatoms. The van der Waals surface area contributed by atoms with E-state index in [0.29, 0.717) is 0 Å². The average molecular weight is 204 g/mol. The fourth-order valence-corrected chi connectivity index (χ4v) is 0. The van der Waals surface area contributed by atoms with Crippen LogP contribution in [0.2, 0.25) is 0 Å². The number of rotatable bonds is 0. The van der Waals surface area contributed by atoms with E-state index >= 15 is 0 Å². The zero-order chi connectivity index (χ0) is 0. The van der Waals surface area contributed by atoms with Gasteiger partial charge in [0.25, 0.3) is 0 Å². The fraction of sp³-hybridized carbons (Fsp3) is 0. The van der Waals surface area contributed by atoms with Gasteiger partial charge in [-0.15, -0.1) is 0 Å². The average Bonchev–Trinajstić information content (AvgIpc) is 0.